The number of halogens is 1. The standard InChI is InChI=1S/C12H14FN3/c1-3-16-8-9(2)14-12(16)15-11-6-4-10(13)5-7-11/h4-8H,3H2,1-2H3,(H,14,15). The van der Waals surface area contributed by atoms with Crippen molar-refractivity contribution < 1.29 is 4.39 Å². The monoisotopic (exact) mass is 219 g/mol. The van der Waals surface area contributed by atoms with E-state index >= 15 is 0 Å². The third-order valence-electron chi connectivity index (χ3n) is 2.34. The van der Waals surface area contributed by atoms with Crippen molar-refractivity contribution in [1.29, 1.82) is 0 Å². The van der Waals surface area contributed by atoms with Crippen LogP contribution in [-0.2, 0) is 6.54 Å². The Bertz CT molecular complexity index is 474. The smallest absolute Gasteiger partial charge is 0.207 e. The number of aryl methyl sites for hydroxylation is 2. The molecule has 0 radical (unpaired) electrons. The van der Waals surface area contributed by atoms with Crippen molar-refractivity contribution in [2.75, 3.05) is 5.32 Å². The van der Waals surface area contributed by atoms with Gasteiger partial charge in [-0.1, -0.05) is 0 Å². The number of benzene rings is 1. The second kappa shape index (κ2) is 4.35. The molecule has 0 atom stereocenters. The second-order valence-electron chi connectivity index (χ2n) is 3.62. The van der Waals surface area contributed by atoms with Gasteiger partial charge in [-0.15, -0.1) is 0 Å². The molecular weight excluding hydrogens is 205 g/mol. The normalized spacial score (nSPS) is 10.4. The molecule has 1 aromatic carbocycles. The zero-order chi connectivity index (χ0) is 11.5. The van der Waals surface area contributed by atoms with Gasteiger partial charge in [0.25, 0.3) is 0 Å². The lowest BCUT2D eigenvalue weighted by Gasteiger charge is -2.07. The molecule has 0 aliphatic rings. The summed E-state index contributed by atoms with van der Waals surface area (Å²) in [6.07, 6.45) is 1.98. The molecule has 0 fully saturated rings. The molecule has 0 aliphatic carbocycles. The van der Waals surface area contributed by atoms with Crippen LogP contribution in [0.4, 0.5) is 16.0 Å². The molecule has 84 valence electrons. The van der Waals surface area contributed by atoms with Crippen molar-refractivity contribution in [2.45, 2.75) is 20.4 Å². The first-order valence-corrected chi connectivity index (χ1v) is 5.25. The average molecular weight is 219 g/mol. The van der Waals surface area contributed by atoms with Gasteiger partial charge in [-0.25, -0.2) is 9.37 Å². The summed E-state index contributed by atoms with van der Waals surface area (Å²) in [6, 6.07) is 6.24. The van der Waals surface area contributed by atoms with E-state index in [4.69, 9.17) is 0 Å². The summed E-state index contributed by atoms with van der Waals surface area (Å²) in [5, 5.41) is 3.16. The molecule has 2 rings (SSSR count). The minimum absolute atomic E-state index is 0.236. The highest BCUT2D eigenvalue weighted by molar-refractivity contribution is 5.53. The molecule has 1 heterocycles. The van der Waals surface area contributed by atoms with E-state index in [-0.39, 0.29) is 5.82 Å². The highest BCUT2D eigenvalue weighted by Gasteiger charge is 2.04. The Hall–Kier alpha value is -1.84. The topological polar surface area (TPSA) is 29.9 Å². The van der Waals surface area contributed by atoms with Crippen molar-refractivity contribution in [2.24, 2.45) is 0 Å². The molecule has 0 bridgehead atoms. The molecule has 2 aromatic rings. The maximum atomic E-state index is 12.7. The van der Waals surface area contributed by atoms with E-state index in [1.54, 1.807) is 12.1 Å². The van der Waals surface area contributed by atoms with E-state index in [0.29, 0.717) is 0 Å². The summed E-state index contributed by atoms with van der Waals surface area (Å²) >= 11 is 0. The fraction of sp³-hybridized carbons (Fsp3) is 0.250. The van der Waals surface area contributed by atoms with E-state index in [1.807, 2.05) is 17.7 Å². The second-order valence-corrected chi connectivity index (χ2v) is 3.62. The Labute approximate surface area is 93.9 Å². The zero-order valence-corrected chi connectivity index (χ0v) is 9.37. The Balaban J connectivity index is 2.22. The molecule has 4 heteroatoms. The summed E-state index contributed by atoms with van der Waals surface area (Å²) < 4.78 is 14.7. The predicted molar refractivity (Wildman–Crippen MR) is 62.3 cm³/mol. The fourth-order valence-electron chi connectivity index (χ4n) is 1.55. The van der Waals surface area contributed by atoms with Crippen LogP contribution in [0.3, 0.4) is 0 Å². The molecule has 3 nitrogen and oxygen atoms in total. The number of anilines is 2. The molecule has 0 saturated heterocycles. The lowest BCUT2D eigenvalue weighted by molar-refractivity contribution is 0.628. The number of nitrogens with zero attached hydrogens (tertiary/aromatic N) is 2. The van der Waals surface area contributed by atoms with E-state index in [1.165, 1.54) is 12.1 Å². The summed E-state index contributed by atoms with van der Waals surface area (Å²) in [5.74, 6) is 0.548. The summed E-state index contributed by atoms with van der Waals surface area (Å²) in [6.45, 7) is 4.85. The van der Waals surface area contributed by atoms with Crippen LogP contribution in [0.25, 0.3) is 0 Å². The lowest BCUT2D eigenvalue weighted by Crippen LogP contribution is -2.01. The van der Waals surface area contributed by atoms with Gasteiger partial charge in [0.05, 0.1) is 5.69 Å². The molecule has 0 spiro atoms. The van der Waals surface area contributed by atoms with Crippen LogP contribution in [0.1, 0.15) is 12.6 Å². The van der Waals surface area contributed by atoms with Gasteiger partial charge in [0.1, 0.15) is 5.82 Å². The summed E-state index contributed by atoms with van der Waals surface area (Å²) in [7, 11) is 0. The Morgan fingerprint density at radius 1 is 1.31 bits per heavy atom. The molecule has 1 N–H and O–H groups in total. The third-order valence-corrected chi connectivity index (χ3v) is 2.34. The van der Waals surface area contributed by atoms with Crippen LogP contribution < -0.4 is 5.32 Å². The maximum absolute atomic E-state index is 12.7. The van der Waals surface area contributed by atoms with Gasteiger partial charge in [-0.3, -0.25) is 0 Å². The van der Waals surface area contributed by atoms with E-state index in [0.717, 1.165) is 23.9 Å². The average Bonchev–Trinajstić information content (AvgIpc) is 2.62. The maximum Gasteiger partial charge on any atom is 0.207 e. The Kier molecular flexibility index (Phi) is 2.90. The minimum Gasteiger partial charge on any atom is -0.326 e. The molecule has 0 amide bonds. The zero-order valence-electron chi connectivity index (χ0n) is 9.37. The van der Waals surface area contributed by atoms with Crippen LogP contribution in [0.2, 0.25) is 0 Å². The van der Waals surface area contributed by atoms with Crippen LogP contribution in [0.5, 0.6) is 0 Å². The number of imidazole rings is 1. The van der Waals surface area contributed by atoms with E-state index in [9.17, 15) is 4.39 Å². The highest BCUT2D eigenvalue weighted by Crippen LogP contribution is 2.16. The number of aromatic nitrogens is 2. The van der Waals surface area contributed by atoms with Crippen molar-refractivity contribution in [3.8, 4) is 0 Å². The first-order chi connectivity index (χ1) is 7.69. The lowest BCUT2D eigenvalue weighted by atomic mass is 10.3. The van der Waals surface area contributed by atoms with Crippen molar-refractivity contribution in [3.63, 3.8) is 0 Å². The van der Waals surface area contributed by atoms with Gasteiger partial charge in [0.15, 0.2) is 0 Å². The highest BCUT2D eigenvalue weighted by atomic mass is 19.1. The van der Waals surface area contributed by atoms with Crippen LogP contribution in [0.15, 0.2) is 30.5 Å². The fourth-order valence-corrected chi connectivity index (χ4v) is 1.55. The number of hydrogen-bond acceptors (Lipinski definition) is 2. The number of rotatable bonds is 3. The van der Waals surface area contributed by atoms with Gasteiger partial charge >= 0.3 is 0 Å². The predicted octanol–water partition coefficient (Wildman–Crippen LogP) is 3.09. The van der Waals surface area contributed by atoms with Gasteiger partial charge < -0.3 is 9.88 Å². The molecular formula is C12H14FN3. The first kappa shape index (κ1) is 10.7. The molecule has 16 heavy (non-hydrogen) atoms. The van der Waals surface area contributed by atoms with E-state index in [2.05, 4.69) is 17.2 Å². The van der Waals surface area contributed by atoms with Crippen LogP contribution >= 0.6 is 0 Å². The third kappa shape index (κ3) is 2.21. The van der Waals surface area contributed by atoms with Crippen molar-refractivity contribution >= 4 is 11.6 Å². The molecule has 0 aliphatic heterocycles. The Morgan fingerprint density at radius 2 is 2.00 bits per heavy atom. The molecule has 1 aromatic heterocycles. The van der Waals surface area contributed by atoms with E-state index < -0.39 is 0 Å². The number of nitrogens with one attached hydrogen (secondary N) is 1. The van der Waals surface area contributed by atoms with Crippen LogP contribution in [-0.4, -0.2) is 9.55 Å². The van der Waals surface area contributed by atoms with Gasteiger partial charge in [0, 0.05) is 18.4 Å². The minimum atomic E-state index is -0.236. The van der Waals surface area contributed by atoms with Crippen molar-refractivity contribution in [1.82, 2.24) is 9.55 Å². The molecule has 0 saturated carbocycles. The van der Waals surface area contributed by atoms with Gasteiger partial charge in [-0.05, 0) is 38.1 Å². The summed E-state index contributed by atoms with van der Waals surface area (Å²) in [4.78, 5) is 4.36. The summed E-state index contributed by atoms with van der Waals surface area (Å²) in [5.41, 5.74) is 1.80. The van der Waals surface area contributed by atoms with Gasteiger partial charge in [-0.2, -0.15) is 0 Å². The first-order valence-electron chi connectivity index (χ1n) is 5.25. The van der Waals surface area contributed by atoms with Crippen LogP contribution in [0, 0.1) is 12.7 Å². The largest absolute Gasteiger partial charge is 0.326 e. The van der Waals surface area contributed by atoms with Gasteiger partial charge in [0.2, 0.25) is 5.95 Å². The molecule has 0 unspecified atom stereocenters. The SMILES string of the molecule is CCn1cc(C)nc1Nc1ccc(F)cc1. The Morgan fingerprint density at radius 3 is 2.62 bits per heavy atom. The quantitative estimate of drug-likeness (QED) is 0.859. The van der Waals surface area contributed by atoms with Crippen molar-refractivity contribution in [3.05, 3.63) is 42.0 Å². The number of hydrogen-bond donors (Lipinski definition) is 1.